The van der Waals surface area contributed by atoms with E-state index in [2.05, 4.69) is 4.72 Å². The van der Waals surface area contributed by atoms with Gasteiger partial charge in [-0.05, 0) is 50.6 Å². The van der Waals surface area contributed by atoms with Crippen LogP contribution in [0.1, 0.15) is 38.8 Å². The van der Waals surface area contributed by atoms with Gasteiger partial charge < -0.3 is 9.84 Å². The monoisotopic (exact) mass is 411 g/mol. The van der Waals surface area contributed by atoms with Gasteiger partial charge in [-0.15, -0.1) is 0 Å². The minimum atomic E-state index is -3.74. The molecule has 0 saturated heterocycles. The quantitative estimate of drug-likeness (QED) is 0.705. The Balaban J connectivity index is 2.34. The van der Waals surface area contributed by atoms with Gasteiger partial charge in [0.15, 0.2) is 0 Å². The Bertz CT molecular complexity index is 922. The van der Waals surface area contributed by atoms with Crippen molar-refractivity contribution < 1.29 is 23.1 Å². The van der Waals surface area contributed by atoms with Crippen molar-refractivity contribution in [1.29, 1.82) is 0 Å². The van der Waals surface area contributed by atoms with Crippen LogP contribution in [0.5, 0.6) is 11.5 Å². The Kier molecular flexibility index (Phi) is 6.51. The highest BCUT2D eigenvalue weighted by molar-refractivity contribution is 7.90. The fourth-order valence-corrected chi connectivity index (χ4v) is 3.34. The summed E-state index contributed by atoms with van der Waals surface area (Å²) in [7, 11) is -3.74. The number of para-hydroxylation sites is 1. The van der Waals surface area contributed by atoms with Gasteiger partial charge in [-0.1, -0.05) is 35.9 Å². The van der Waals surface area contributed by atoms with E-state index < -0.39 is 33.2 Å². The molecule has 1 atom stereocenters. The number of aliphatic carboxylic acids is 1. The fourth-order valence-electron chi connectivity index (χ4n) is 2.22. The number of carbonyl (C=O) groups is 1. The molecule has 146 valence electrons. The lowest BCUT2D eigenvalue weighted by molar-refractivity contribution is -0.137. The Morgan fingerprint density at radius 3 is 2.44 bits per heavy atom. The SMILES string of the molecule is CC(C)(C)S(=O)(=O)N[C@@H](CC(=O)O)c1cccc(Oc2ccccc2Cl)c1. The minimum absolute atomic E-state index is 0.398. The molecule has 0 amide bonds. The summed E-state index contributed by atoms with van der Waals surface area (Å²) in [6.07, 6.45) is -0.398. The zero-order valence-electron chi connectivity index (χ0n) is 15.3. The van der Waals surface area contributed by atoms with Crippen LogP contribution < -0.4 is 9.46 Å². The molecular formula is C19H22ClNO5S. The molecule has 0 saturated carbocycles. The molecular weight excluding hydrogens is 390 g/mol. The third-order valence-electron chi connectivity index (χ3n) is 3.81. The predicted molar refractivity (Wildman–Crippen MR) is 105 cm³/mol. The van der Waals surface area contributed by atoms with E-state index in [1.807, 2.05) is 0 Å². The Hall–Kier alpha value is -2.09. The second-order valence-electron chi connectivity index (χ2n) is 6.99. The number of nitrogens with one attached hydrogen (secondary N) is 1. The van der Waals surface area contributed by atoms with Gasteiger partial charge in [0, 0.05) is 0 Å². The number of carboxylic acids is 1. The normalized spacial score (nSPS) is 13.2. The van der Waals surface area contributed by atoms with Gasteiger partial charge in [0.1, 0.15) is 11.5 Å². The number of carboxylic acid groups (broad SMARTS) is 1. The largest absolute Gasteiger partial charge is 0.481 e. The molecule has 0 fully saturated rings. The van der Waals surface area contributed by atoms with Crippen molar-refractivity contribution in [1.82, 2.24) is 4.72 Å². The second kappa shape index (κ2) is 8.29. The molecule has 0 radical (unpaired) electrons. The van der Waals surface area contributed by atoms with E-state index in [9.17, 15) is 18.3 Å². The summed E-state index contributed by atoms with van der Waals surface area (Å²) in [6, 6.07) is 12.6. The van der Waals surface area contributed by atoms with Crippen LogP contribution in [0, 0.1) is 0 Å². The van der Waals surface area contributed by atoms with Gasteiger partial charge in [-0.25, -0.2) is 13.1 Å². The summed E-state index contributed by atoms with van der Waals surface area (Å²) in [5.74, 6) is -0.249. The summed E-state index contributed by atoms with van der Waals surface area (Å²) < 4.78 is 32.1. The first-order valence-corrected chi connectivity index (χ1v) is 10.1. The molecule has 0 bridgehead atoms. The van der Waals surface area contributed by atoms with Gasteiger partial charge in [0.05, 0.1) is 22.2 Å². The average Bonchev–Trinajstić information content (AvgIpc) is 2.55. The molecule has 0 heterocycles. The maximum Gasteiger partial charge on any atom is 0.305 e. The summed E-state index contributed by atoms with van der Waals surface area (Å²) in [6.45, 7) is 4.64. The topological polar surface area (TPSA) is 92.7 Å². The summed E-state index contributed by atoms with van der Waals surface area (Å²) >= 11 is 6.09. The number of hydrogen-bond acceptors (Lipinski definition) is 4. The van der Waals surface area contributed by atoms with E-state index in [1.54, 1.807) is 69.3 Å². The van der Waals surface area contributed by atoms with Gasteiger partial charge in [-0.2, -0.15) is 0 Å². The van der Waals surface area contributed by atoms with E-state index in [0.717, 1.165) is 0 Å². The van der Waals surface area contributed by atoms with Crippen molar-refractivity contribution >= 4 is 27.6 Å². The van der Waals surface area contributed by atoms with Gasteiger partial charge >= 0.3 is 5.97 Å². The van der Waals surface area contributed by atoms with E-state index in [1.165, 1.54) is 0 Å². The molecule has 0 aliphatic rings. The summed E-state index contributed by atoms with van der Waals surface area (Å²) in [5.41, 5.74) is 0.481. The highest BCUT2D eigenvalue weighted by Gasteiger charge is 2.32. The zero-order chi connectivity index (χ0) is 20.2. The Morgan fingerprint density at radius 1 is 1.19 bits per heavy atom. The third kappa shape index (κ3) is 5.69. The Morgan fingerprint density at radius 2 is 1.85 bits per heavy atom. The fraction of sp³-hybridized carbons (Fsp3) is 0.316. The van der Waals surface area contributed by atoms with E-state index in [-0.39, 0.29) is 0 Å². The molecule has 6 nitrogen and oxygen atoms in total. The first kappa shape index (κ1) is 21.2. The molecule has 8 heteroatoms. The van der Waals surface area contributed by atoms with Crippen LogP contribution in [-0.2, 0) is 14.8 Å². The van der Waals surface area contributed by atoms with Crippen molar-refractivity contribution in [3.8, 4) is 11.5 Å². The number of benzene rings is 2. The lowest BCUT2D eigenvalue weighted by atomic mass is 10.0. The molecule has 2 N–H and O–H groups in total. The van der Waals surface area contributed by atoms with Crippen LogP contribution in [0.25, 0.3) is 0 Å². The van der Waals surface area contributed by atoms with Crippen molar-refractivity contribution in [3.63, 3.8) is 0 Å². The first-order valence-electron chi connectivity index (χ1n) is 8.25. The smallest absolute Gasteiger partial charge is 0.305 e. The van der Waals surface area contributed by atoms with Gasteiger partial charge in [0.25, 0.3) is 0 Å². The van der Waals surface area contributed by atoms with Crippen molar-refractivity contribution in [2.24, 2.45) is 0 Å². The van der Waals surface area contributed by atoms with Crippen LogP contribution in [0.2, 0.25) is 5.02 Å². The molecule has 2 rings (SSSR count). The molecule has 2 aromatic rings. The average molecular weight is 412 g/mol. The van der Waals surface area contributed by atoms with E-state index in [4.69, 9.17) is 16.3 Å². The van der Waals surface area contributed by atoms with Crippen LogP contribution in [0.4, 0.5) is 0 Å². The number of ether oxygens (including phenoxy) is 1. The number of hydrogen-bond donors (Lipinski definition) is 2. The van der Waals surface area contributed by atoms with Gasteiger partial charge in [0.2, 0.25) is 10.0 Å². The molecule has 0 spiro atoms. The number of halogens is 1. The van der Waals surface area contributed by atoms with Crippen molar-refractivity contribution in [2.45, 2.75) is 38.0 Å². The predicted octanol–water partition coefficient (Wildman–Crippen LogP) is 4.37. The summed E-state index contributed by atoms with van der Waals surface area (Å²) in [5, 5.41) is 9.63. The van der Waals surface area contributed by atoms with Gasteiger partial charge in [-0.3, -0.25) is 4.79 Å². The molecule has 0 aromatic heterocycles. The maximum atomic E-state index is 12.5. The molecule has 0 aliphatic heterocycles. The third-order valence-corrected chi connectivity index (χ3v) is 6.33. The standard InChI is InChI=1S/C19H22ClNO5S/c1-19(2,3)27(24,25)21-16(12-18(22)23)13-7-6-8-14(11-13)26-17-10-5-4-9-15(17)20/h4-11,16,21H,12H2,1-3H3,(H,22,23)/t16-/m0/s1. The number of rotatable bonds is 7. The molecule has 0 unspecified atom stereocenters. The van der Waals surface area contributed by atoms with Crippen LogP contribution >= 0.6 is 11.6 Å². The van der Waals surface area contributed by atoms with Crippen molar-refractivity contribution in [3.05, 3.63) is 59.1 Å². The highest BCUT2D eigenvalue weighted by atomic mass is 35.5. The van der Waals surface area contributed by atoms with Crippen LogP contribution in [0.3, 0.4) is 0 Å². The lowest BCUT2D eigenvalue weighted by Gasteiger charge is -2.25. The van der Waals surface area contributed by atoms with Crippen LogP contribution in [-0.4, -0.2) is 24.2 Å². The Labute approximate surface area is 164 Å². The molecule has 27 heavy (non-hydrogen) atoms. The zero-order valence-corrected chi connectivity index (χ0v) is 16.8. The highest BCUT2D eigenvalue weighted by Crippen LogP contribution is 2.31. The van der Waals surface area contributed by atoms with Crippen molar-refractivity contribution in [2.75, 3.05) is 0 Å². The minimum Gasteiger partial charge on any atom is -0.481 e. The molecule has 2 aromatic carbocycles. The lowest BCUT2D eigenvalue weighted by Crippen LogP contribution is -2.41. The molecule has 0 aliphatic carbocycles. The second-order valence-corrected chi connectivity index (χ2v) is 9.86. The van der Waals surface area contributed by atoms with E-state index in [0.29, 0.717) is 22.1 Å². The van der Waals surface area contributed by atoms with E-state index >= 15 is 0 Å². The number of sulfonamides is 1. The summed E-state index contributed by atoms with van der Waals surface area (Å²) in [4.78, 5) is 11.3. The van der Waals surface area contributed by atoms with Crippen LogP contribution in [0.15, 0.2) is 48.5 Å². The maximum absolute atomic E-state index is 12.5. The first-order chi connectivity index (χ1) is 12.5.